The number of amides is 9. The number of benzene rings is 1. The first-order valence-electron chi connectivity index (χ1n) is 23.1. The average molecular weight is 984 g/mol. The van der Waals surface area contributed by atoms with Crippen molar-refractivity contribution in [3.63, 3.8) is 0 Å². The van der Waals surface area contributed by atoms with Gasteiger partial charge in [-0.25, -0.2) is 0 Å². The lowest BCUT2D eigenvalue weighted by atomic mass is 10.00. The van der Waals surface area contributed by atoms with Gasteiger partial charge in [0.25, 0.3) is 5.56 Å². The molecule has 386 valence electrons. The van der Waals surface area contributed by atoms with E-state index < -0.39 is 133 Å². The van der Waals surface area contributed by atoms with Crippen molar-refractivity contribution in [1.29, 1.82) is 0 Å². The van der Waals surface area contributed by atoms with Gasteiger partial charge < -0.3 is 75.3 Å². The summed E-state index contributed by atoms with van der Waals surface area (Å²) in [5, 5.41) is 43.7. The molecule has 0 saturated carbocycles. The molecule has 17 N–H and O–H groups in total. The van der Waals surface area contributed by atoms with E-state index in [0.29, 0.717) is 5.56 Å². The van der Waals surface area contributed by atoms with E-state index in [4.69, 9.17) is 17.2 Å². The van der Waals surface area contributed by atoms with Gasteiger partial charge in [-0.2, -0.15) is 0 Å². The molecule has 1 aliphatic rings. The zero-order valence-corrected chi connectivity index (χ0v) is 39.8. The number of hydrogen-bond acceptors (Lipinski definition) is 15. The van der Waals surface area contributed by atoms with Gasteiger partial charge >= 0.3 is 0 Å². The summed E-state index contributed by atoms with van der Waals surface area (Å²) in [6, 6.07) is -0.640. The molecule has 9 atom stereocenters. The maximum Gasteiger partial charge on any atom is 0.275 e. The number of nitrogens with two attached hydrogens (primary N) is 3. The molecule has 1 fully saturated rings. The minimum atomic E-state index is -1.67. The molecule has 9 amide bonds. The van der Waals surface area contributed by atoms with E-state index in [9.17, 15) is 58.2 Å². The Morgan fingerprint density at radius 1 is 0.686 bits per heavy atom. The van der Waals surface area contributed by atoms with Crippen LogP contribution in [0.5, 0.6) is 0 Å². The summed E-state index contributed by atoms with van der Waals surface area (Å²) < 4.78 is 0.824. The minimum Gasteiger partial charge on any atom is -0.394 e. The molecule has 0 spiro atoms. The maximum atomic E-state index is 14.3. The van der Waals surface area contributed by atoms with Crippen LogP contribution in [0.2, 0.25) is 0 Å². The van der Waals surface area contributed by atoms with Gasteiger partial charge in [0.15, 0.2) is 0 Å². The fourth-order valence-corrected chi connectivity index (χ4v) is 7.41. The predicted molar refractivity (Wildman–Crippen MR) is 255 cm³/mol. The van der Waals surface area contributed by atoms with Gasteiger partial charge in [0.05, 0.1) is 12.7 Å². The van der Waals surface area contributed by atoms with E-state index in [1.807, 2.05) is 0 Å². The SMILES string of the molecule is CC(=O)Nc1cccn([C@H](CO)C(=O)N[C@H]2CCNC(=O)[C@H]([C@@H](C)O)NC(=O)[C@H](CCN)NC(=O)[C@H](CCN)NC(=O)[C@H](CC(C)C)NC(=O)[C@@H](Cc3ccccc3)NC(=O)[C@H](CCN)NC2=O)c1=O. The summed E-state index contributed by atoms with van der Waals surface area (Å²) in [6.45, 7) is 4.13. The lowest BCUT2D eigenvalue weighted by molar-refractivity contribution is -0.136. The third-order valence-electron chi connectivity index (χ3n) is 11.0. The van der Waals surface area contributed by atoms with Crippen LogP contribution < -0.4 is 70.6 Å². The number of carbonyl (C=O) groups excluding carboxylic acids is 9. The molecule has 1 aromatic carbocycles. The number of aliphatic hydroxyl groups excluding tert-OH is 2. The highest BCUT2D eigenvalue weighted by molar-refractivity contribution is 5.98. The second-order valence-corrected chi connectivity index (χ2v) is 17.2. The molecule has 1 aromatic heterocycles. The summed E-state index contributed by atoms with van der Waals surface area (Å²) in [5.41, 5.74) is 17.0. The zero-order valence-electron chi connectivity index (χ0n) is 39.8. The van der Waals surface area contributed by atoms with Crippen LogP contribution in [0, 0.1) is 5.92 Å². The third kappa shape index (κ3) is 17.6. The number of nitrogens with one attached hydrogen (secondary N) is 9. The van der Waals surface area contributed by atoms with Crippen molar-refractivity contribution in [1.82, 2.24) is 47.1 Å². The number of aliphatic hydroxyl groups is 2. The summed E-state index contributed by atoms with van der Waals surface area (Å²) >= 11 is 0. The Hall–Kier alpha value is -6.80. The van der Waals surface area contributed by atoms with Crippen molar-refractivity contribution in [2.24, 2.45) is 23.1 Å². The van der Waals surface area contributed by atoms with Gasteiger partial charge in [0, 0.05) is 26.1 Å². The normalized spacial score (nSPS) is 23.5. The van der Waals surface area contributed by atoms with Crippen LogP contribution in [0.3, 0.4) is 0 Å². The van der Waals surface area contributed by atoms with Gasteiger partial charge in [-0.3, -0.25) is 52.5 Å². The smallest absolute Gasteiger partial charge is 0.275 e. The van der Waals surface area contributed by atoms with Gasteiger partial charge in [-0.1, -0.05) is 44.2 Å². The fourth-order valence-electron chi connectivity index (χ4n) is 7.41. The average Bonchev–Trinajstić information content (AvgIpc) is 3.30. The molecular formula is C45H69N13O12. The largest absolute Gasteiger partial charge is 0.394 e. The molecule has 70 heavy (non-hydrogen) atoms. The highest BCUT2D eigenvalue weighted by Gasteiger charge is 2.36. The molecule has 1 saturated heterocycles. The third-order valence-corrected chi connectivity index (χ3v) is 11.0. The molecule has 25 heteroatoms. The molecule has 0 unspecified atom stereocenters. The fraction of sp³-hybridized carbons (Fsp3) is 0.556. The Morgan fingerprint density at radius 2 is 1.19 bits per heavy atom. The van der Waals surface area contributed by atoms with Gasteiger partial charge in [0.2, 0.25) is 53.2 Å². The Bertz CT molecular complexity index is 2190. The van der Waals surface area contributed by atoms with Gasteiger partial charge in [-0.05, 0) is 82.3 Å². The molecule has 25 nitrogen and oxygen atoms in total. The summed E-state index contributed by atoms with van der Waals surface area (Å²) in [4.78, 5) is 137. The van der Waals surface area contributed by atoms with Gasteiger partial charge in [0.1, 0.15) is 54.0 Å². The van der Waals surface area contributed by atoms with Crippen molar-refractivity contribution >= 4 is 58.9 Å². The summed E-state index contributed by atoms with van der Waals surface area (Å²) in [7, 11) is 0. The highest BCUT2D eigenvalue weighted by Crippen LogP contribution is 2.12. The van der Waals surface area contributed by atoms with E-state index in [0.717, 1.165) is 11.5 Å². The minimum absolute atomic E-state index is 0.0625. The Labute approximate surface area is 404 Å². The lowest BCUT2D eigenvalue weighted by Crippen LogP contribution is -2.61. The standard InChI is InChI=1S/C45H69N13O12/c1-24(2)21-33-41(66)53-28(12-16-46)37(62)52-30(14-18-48)40(65)57-36(25(3)60)44(69)49-19-15-31(54-43(68)35(23-59)58-20-8-11-32(45(58)70)50-26(4)61)39(64)51-29(13-17-47)38(63)56-34(42(67)55-33)22-27-9-6-5-7-10-27/h5-11,20,24-25,28-31,33-36,59-60H,12-19,21-23,46-48H2,1-4H3,(H,49,69)(H,50,61)(H,51,64)(H,52,62)(H,53,66)(H,54,68)(H,55,67)(H,56,63)(H,57,65)/t25-,28+,29+,30+,31+,33+,34-,35-,36+/m1/s1. The second kappa shape index (κ2) is 28.6. The van der Waals surface area contributed by atoms with Crippen LogP contribution in [-0.2, 0) is 49.6 Å². The van der Waals surface area contributed by atoms with E-state index in [-0.39, 0.29) is 63.3 Å². The zero-order chi connectivity index (χ0) is 52.1. The maximum absolute atomic E-state index is 14.3. The first kappa shape index (κ1) is 57.5. The van der Waals surface area contributed by atoms with Gasteiger partial charge in [-0.15, -0.1) is 0 Å². The van der Waals surface area contributed by atoms with Crippen molar-refractivity contribution in [2.45, 2.75) is 121 Å². The summed E-state index contributed by atoms with van der Waals surface area (Å²) in [5.74, 6) is -8.14. The van der Waals surface area contributed by atoms with Crippen LogP contribution in [0.15, 0.2) is 53.5 Å². The monoisotopic (exact) mass is 984 g/mol. The van der Waals surface area contributed by atoms with Crippen LogP contribution in [-0.4, -0.2) is 149 Å². The molecule has 2 heterocycles. The summed E-state index contributed by atoms with van der Waals surface area (Å²) in [6.07, 6.45) is -1.32. The number of pyridine rings is 1. The topological polar surface area (TPSA) is 402 Å². The molecule has 0 aliphatic carbocycles. The molecule has 1 aliphatic heterocycles. The first-order valence-corrected chi connectivity index (χ1v) is 23.1. The first-order chi connectivity index (χ1) is 33.2. The number of aromatic nitrogens is 1. The number of hydrogen-bond donors (Lipinski definition) is 14. The van der Waals surface area contributed by atoms with E-state index >= 15 is 0 Å². The Morgan fingerprint density at radius 3 is 1.70 bits per heavy atom. The quantitative estimate of drug-likeness (QED) is 0.0749. The molecule has 2 aromatic rings. The molecular weight excluding hydrogens is 915 g/mol. The van der Waals surface area contributed by atoms with Crippen LogP contribution >= 0.6 is 0 Å². The van der Waals surface area contributed by atoms with Crippen LogP contribution in [0.4, 0.5) is 5.69 Å². The Balaban J connectivity index is 2.16. The molecule has 0 radical (unpaired) electrons. The molecule has 0 bridgehead atoms. The number of carbonyl (C=O) groups is 9. The number of rotatable bonds is 16. The van der Waals surface area contributed by atoms with Crippen LogP contribution in [0.25, 0.3) is 0 Å². The number of nitrogens with zero attached hydrogens (tertiary/aromatic N) is 1. The lowest BCUT2D eigenvalue weighted by Gasteiger charge is -2.28. The van der Waals surface area contributed by atoms with Crippen molar-refractivity contribution in [3.05, 3.63) is 64.6 Å². The molecule has 3 rings (SSSR count). The van der Waals surface area contributed by atoms with Crippen molar-refractivity contribution < 1.29 is 53.4 Å². The second-order valence-electron chi connectivity index (χ2n) is 17.2. The van der Waals surface area contributed by atoms with Crippen molar-refractivity contribution in [3.8, 4) is 0 Å². The highest BCUT2D eigenvalue weighted by atomic mass is 16.3. The number of anilines is 1. The van der Waals surface area contributed by atoms with E-state index in [1.54, 1.807) is 44.2 Å². The predicted octanol–water partition coefficient (Wildman–Crippen LogP) is -5.03. The van der Waals surface area contributed by atoms with E-state index in [2.05, 4.69) is 47.9 Å². The van der Waals surface area contributed by atoms with Crippen LogP contribution in [0.1, 0.15) is 71.4 Å². The van der Waals surface area contributed by atoms with Crippen molar-refractivity contribution in [2.75, 3.05) is 38.1 Å². The Kier molecular flexibility index (Phi) is 23.5. The van der Waals surface area contributed by atoms with E-state index in [1.165, 1.54) is 25.3 Å².